The van der Waals surface area contributed by atoms with Crippen LogP contribution in [0.5, 0.6) is 0 Å². The number of para-hydroxylation sites is 2. The molecule has 10 nitrogen and oxygen atoms in total. The number of aromatic nitrogens is 2. The number of imidazole rings is 1. The second kappa shape index (κ2) is 12.9. The van der Waals surface area contributed by atoms with Crippen LogP contribution in [-0.2, 0) is 12.7 Å². The van der Waals surface area contributed by atoms with Crippen LogP contribution >= 0.6 is 0 Å². The molecule has 1 amide bonds. The van der Waals surface area contributed by atoms with Crippen molar-refractivity contribution >= 4 is 40.6 Å². The highest BCUT2D eigenvalue weighted by atomic mass is 19.4. The number of fused-ring (bicyclic) bond motifs is 1. The zero-order valence-electron chi connectivity index (χ0n) is 25.6. The van der Waals surface area contributed by atoms with Crippen LogP contribution in [0.1, 0.15) is 40.1 Å². The molecule has 13 heteroatoms. The third-order valence-corrected chi connectivity index (χ3v) is 8.29. The first-order chi connectivity index (χ1) is 22.1. The number of nitrogens with two attached hydrogens (primary N) is 1. The highest BCUT2D eigenvalue weighted by Gasteiger charge is 2.32. The van der Waals surface area contributed by atoms with Gasteiger partial charge in [-0.05, 0) is 67.1 Å². The Morgan fingerprint density at radius 2 is 1.80 bits per heavy atom. The fraction of sp³-hybridized carbons (Fsp3) is 0.303. The number of carbonyl (C=O) groups is 1. The molecule has 0 spiro atoms. The Morgan fingerprint density at radius 3 is 2.54 bits per heavy atom. The molecule has 4 aromatic rings. The first-order valence-corrected chi connectivity index (χ1v) is 15.1. The zero-order valence-corrected chi connectivity index (χ0v) is 25.6. The van der Waals surface area contributed by atoms with Crippen LogP contribution in [-0.4, -0.2) is 64.3 Å². The molecule has 0 radical (unpaired) electrons. The molecule has 2 aliphatic heterocycles. The minimum absolute atomic E-state index is 0.0537. The van der Waals surface area contributed by atoms with Crippen LogP contribution in [0.15, 0.2) is 77.6 Å². The van der Waals surface area contributed by atoms with Gasteiger partial charge in [-0.3, -0.25) is 14.3 Å². The normalized spacial score (nSPS) is 17.5. The number of anilines is 3. The summed E-state index contributed by atoms with van der Waals surface area (Å²) in [4.78, 5) is 27.1. The minimum Gasteiger partial charge on any atom is -0.385 e. The Morgan fingerprint density at radius 1 is 1.04 bits per heavy atom. The molecule has 6 rings (SSSR count). The number of aryl methyl sites for hydroxylation is 1. The van der Waals surface area contributed by atoms with E-state index in [1.807, 2.05) is 41.8 Å². The molecule has 5 N–H and O–H groups in total. The summed E-state index contributed by atoms with van der Waals surface area (Å²) in [5.74, 6) is 0.333. The molecule has 3 heterocycles. The second-order valence-corrected chi connectivity index (χ2v) is 11.5. The Kier molecular flexibility index (Phi) is 8.69. The van der Waals surface area contributed by atoms with Crippen molar-refractivity contribution in [2.24, 2.45) is 10.7 Å². The average molecular weight is 632 g/mol. The van der Waals surface area contributed by atoms with E-state index in [0.29, 0.717) is 35.3 Å². The Hall–Kier alpha value is -4.88. The SMILES string of the molecule is CCN1CCN(Cc2cc(C(=O)Nc3ccc(C)c(Nc4nc5ccccc5n4C4C=C(N)NC=N4)c3)cc(C(F)(F)F)c2)CC1. The molecule has 0 aliphatic carbocycles. The lowest BCUT2D eigenvalue weighted by Crippen LogP contribution is -2.45. The molecule has 0 bridgehead atoms. The van der Waals surface area contributed by atoms with Crippen molar-refractivity contribution < 1.29 is 18.0 Å². The molecule has 240 valence electrons. The highest BCUT2D eigenvalue weighted by Crippen LogP contribution is 2.33. The first kappa shape index (κ1) is 31.1. The molecule has 1 unspecified atom stereocenters. The highest BCUT2D eigenvalue weighted by molar-refractivity contribution is 6.04. The first-order valence-electron chi connectivity index (χ1n) is 15.1. The standard InChI is InChI=1S/C33H36F3N9O/c1-3-43-10-12-44(13-11-43)19-22-14-23(16-24(15-22)33(34,35)36)31(46)40-25-9-8-21(2)27(17-25)42-32-41-26-6-4-5-7-28(26)45(32)30-18-29(37)38-20-39-30/h4-9,14-18,20,30H,3,10-13,19,37H2,1-2H3,(H,38,39)(H,40,46)(H,41,42). The van der Waals surface area contributed by atoms with Gasteiger partial charge in [-0.15, -0.1) is 0 Å². The maximum absolute atomic E-state index is 13.9. The van der Waals surface area contributed by atoms with E-state index in [9.17, 15) is 18.0 Å². The maximum atomic E-state index is 13.9. The van der Waals surface area contributed by atoms with E-state index in [1.165, 1.54) is 6.34 Å². The van der Waals surface area contributed by atoms with Crippen molar-refractivity contribution in [1.29, 1.82) is 0 Å². The van der Waals surface area contributed by atoms with Crippen molar-refractivity contribution in [3.8, 4) is 0 Å². The quantitative estimate of drug-likeness (QED) is 0.205. The second-order valence-electron chi connectivity index (χ2n) is 11.5. The van der Waals surface area contributed by atoms with Gasteiger partial charge in [-0.25, -0.2) is 9.98 Å². The Bertz CT molecular complexity index is 1810. The van der Waals surface area contributed by atoms with Crippen LogP contribution in [0, 0.1) is 6.92 Å². The van der Waals surface area contributed by atoms with Crippen LogP contribution in [0.25, 0.3) is 11.0 Å². The third kappa shape index (κ3) is 6.85. The lowest BCUT2D eigenvalue weighted by molar-refractivity contribution is -0.137. The summed E-state index contributed by atoms with van der Waals surface area (Å²) in [7, 11) is 0. The van der Waals surface area contributed by atoms with Gasteiger partial charge in [-0.2, -0.15) is 13.2 Å². The van der Waals surface area contributed by atoms with Crippen LogP contribution in [0.2, 0.25) is 0 Å². The predicted octanol–water partition coefficient (Wildman–Crippen LogP) is 5.43. The number of hydrogen-bond donors (Lipinski definition) is 4. The van der Waals surface area contributed by atoms with E-state index in [4.69, 9.17) is 10.7 Å². The van der Waals surface area contributed by atoms with Gasteiger partial charge in [0.05, 0.1) is 22.9 Å². The van der Waals surface area contributed by atoms with E-state index in [1.54, 1.807) is 24.3 Å². The van der Waals surface area contributed by atoms with E-state index >= 15 is 0 Å². The number of rotatable bonds is 8. The summed E-state index contributed by atoms with van der Waals surface area (Å²) in [6.45, 7) is 8.51. The summed E-state index contributed by atoms with van der Waals surface area (Å²) in [5, 5.41) is 9.02. The number of nitrogens with zero attached hydrogens (tertiary/aromatic N) is 5. The predicted molar refractivity (Wildman–Crippen MR) is 174 cm³/mol. The summed E-state index contributed by atoms with van der Waals surface area (Å²) in [5.41, 5.74) is 9.09. The van der Waals surface area contributed by atoms with E-state index in [-0.39, 0.29) is 5.56 Å². The van der Waals surface area contributed by atoms with Crippen molar-refractivity contribution in [2.75, 3.05) is 43.4 Å². The molecule has 3 aromatic carbocycles. The summed E-state index contributed by atoms with van der Waals surface area (Å²) < 4.78 is 43.6. The molecule has 1 atom stereocenters. The van der Waals surface area contributed by atoms with E-state index in [2.05, 4.69) is 37.7 Å². The van der Waals surface area contributed by atoms with E-state index < -0.39 is 23.8 Å². The van der Waals surface area contributed by atoms with Crippen molar-refractivity contribution in [3.63, 3.8) is 0 Å². The van der Waals surface area contributed by atoms with E-state index in [0.717, 1.165) is 61.5 Å². The van der Waals surface area contributed by atoms with Gasteiger partial charge in [-0.1, -0.05) is 25.1 Å². The number of amides is 1. The largest absolute Gasteiger partial charge is 0.416 e. The molecule has 1 saturated heterocycles. The van der Waals surface area contributed by atoms with Gasteiger partial charge in [0.1, 0.15) is 5.82 Å². The van der Waals surface area contributed by atoms with Crippen molar-refractivity contribution in [1.82, 2.24) is 24.7 Å². The number of piperazine rings is 1. The molecule has 2 aliphatic rings. The topological polar surface area (TPSA) is 116 Å². The zero-order chi connectivity index (χ0) is 32.4. The Labute approximate surface area is 264 Å². The number of alkyl halides is 3. The van der Waals surface area contributed by atoms with Crippen LogP contribution in [0.4, 0.5) is 30.5 Å². The molecular formula is C33H36F3N9O. The lowest BCUT2D eigenvalue weighted by atomic mass is 10.0. The van der Waals surface area contributed by atoms with Gasteiger partial charge in [0.2, 0.25) is 5.95 Å². The molecular weight excluding hydrogens is 595 g/mol. The number of halogens is 3. The number of benzene rings is 3. The van der Waals surface area contributed by atoms with Gasteiger partial charge in [0.25, 0.3) is 5.91 Å². The van der Waals surface area contributed by atoms with Gasteiger partial charge >= 0.3 is 6.18 Å². The number of aliphatic imine (C=N–C) groups is 1. The summed E-state index contributed by atoms with van der Waals surface area (Å²) in [6, 6.07) is 16.5. The van der Waals surface area contributed by atoms with Crippen molar-refractivity contribution in [2.45, 2.75) is 32.7 Å². The summed E-state index contributed by atoms with van der Waals surface area (Å²) in [6.07, 6.45) is -1.73. The molecule has 1 fully saturated rings. The summed E-state index contributed by atoms with van der Waals surface area (Å²) >= 11 is 0. The van der Waals surface area contributed by atoms with Crippen molar-refractivity contribution in [3.05, 3.63) is 94.8 Å². The number of likely N-dealkylation sites (N-methyl/N-ethyl adjacent to an activating group) is 1. The monoisotopic (exact) mass is 631 g/mol. The number of nitrogens with one attached hydrogen (secondary N) is 3. The molecule has 0 saturated carbocycles. The lowest BCUT2D eigenvalue weighted by Gasteiger charge is -2.34. The fourth-order valence-electron chi connectivity index (χ4n) is 5.74. The van der Waals surface area contributed by atoms with Gasteiger partial charge in [0, 0.05) is 55.7 Å². The Balaban J connectivity index is 1.25. The number of carbonyl (C=O) groups excluding carboxylic acids is 1. The number of hydrogen-bond acceptors (Lipinski definition) is 8. The molecule has 1 aromatic heterocycles. The van der Waals surface area contributed by atoms with Crippen LogP contribution in [0.3, 0.4) is 0 Å². The smallest absolute Gasteiger partial charge is 0.385 e. The fourth-order valence-corrected chi connectivity index (χ4v) is 5.74. The maximum Gasteiger partial charge on any atom is 0.416 e. The minimum atomic E-state index is -4.59. The average Bonchev–Trinajstić information content (AvgIpc) is 3.40. The van der Waals surface area contributed by atoms with Gasteiger partial charge in [0.15, 0.2) is 6.17 Å². The third-order valence-electron chi connectivity index (χ3n) is 8.29. The van der Waals surface area contributed by atoms with Gasteiger partial charge < -0.3 is 26.6 Å². The molecule has 46 heavy (non-hydrogen) atoms. The van der Waals surface area contributed by atoms with Crippen LogP contribution < -0.4 is 21.7 Å².